The lowest BCUT2D eigenvalue weighted by molar-refractivity contribution is 0.153. The average molecular weight is 195 g/mol. The molecule has 0 aromatic rings. The Morgan fingerprint density at radius 2 is 2.00 bits per heavy atom. The first-order valence-corrected chi connectivity index (χ1v) is 5.38. The first-order chi connectivity index (χ1) is 6.83. The summed E-state index contributed by atoms with van der Waals surface area (Å²) in [5.74, 6) is 2.58. The van der Waals surface area contributed by atoms with Gasteiger partial charge in [-0.3, -0.25) is 0 Å². The summed E-state index contributed by atoms with van der Waals surface area (Å²) in [6.45, 7) is 7.78. The summed E-state index contributed by atoms with van der Waals surface area (Å²) in [6.07, 6.45) is 6.34. The Labute approximate surface area is 87.5 Å². The first-order valence-electron chi connectivity index (χ1n) is 5.38. The Morgan fingerprint density at radius 3 is 2.64 bits per heavy atom. The van der Waals surface area contributed by atoms with Gasteiger partial charge in [-0.05, 0) is 26.6 Å². The highest BCUT2D eigenvalue weighted by Crippen LogP contribution is 1.99. The molecular formula is C11H21N3. The maximum atomic E-state index is 5.14. The lowest BCUT2D eigenvalue weighted by Gasteiger charge is -2.32. The van der Waals surface area contributed by atoms with Crippen LogP contribution in [0.5, 0.6) is 0 Å². The molecule has 1 saturated heterocycles. The van der Waals surface area contributed by atoms with Crippen molar-refractivity contribution in [2.24, 2.45) is 0 Å². The molecule has 0 atom stereocenters. The zero-order chi connectivity index (χ0) is 10.2. The summed E-state index contributed by atoms with van der Waals surface area (Å²) in [4.78, 5) is 4.91. The Morgan fingerprint density at radius 1 is 1.29 bits per heavy atom. The van der Waals surface area contributed by atoms with Gasteiger partial charge in [-0.1, -0.05) is 5.92 Å². The Balaban J connectivity index is 1.94. The molecule has 1 N–H and O–H groups in total. The predicted octanol–water partition coefficient (Wildman–Crippen LogP) is -0.153. The van der Waals surface area contributed by atoms with Crippen molar-refractivity contribution in [3.8, 4) is 12.3 Å². The molecule has 3 nitrogen and oxygen atoms in total. The fraction of sp³-hybridized carbons (Fsp3) is 0.818. The van der Waals surface area contributed by atoms with Crippen molar-refractivity contribution in [3.05, 3.63) is 0 Å². The van der Waals surface area contributed by atoms with Crippen LogP contribution in [0.4, 0.5) is 0 Å². The number of hydrogen-bond donors (Lipinski definition) is 1. The van der Waals surface area contributed by atoms with Crippen molar-refractivity contribution in [1.82, 2.24) is 15.1 Å². The standard InChI is InChI=1S/C11H21N3/c1-3-5-12-6-4-7-14-10-8-13(2)9-11-14/h1,12H,4-11H2,2H3. The fourth-order valence-electron chi connectivity index (χ4n) is 1.66. The quantitative estimate of drug-likeness (QED) is 0.486. The fourth-order valence-corrected chi connectivity index (χ4v) is 1.66. The van der Waals surface area contributed by atoms with Crippen LogP contribution in [0.1, 0.15) is 6.42 Å². The van der Waals surface area contributed by atoms with Gasteiger partial charge in [0.25, 0.3) is 0 Å². The minimum absolute atomic E-state index is 0.697. The van der Waals surface area contributed by atoms with E-state index in [4.69, 9.17) is 6.42 Å². The number of nitrogens with zero attached hydrogens (tertiary/aromatic N) is 2. The van der Waals surface area contributed by atoms with Gasteiger partial charge in [0, 0.05) is 26.2 Å². The molecule has 1 fully saturated rings. The second kappa shape index (κ2) is 6.83. The molecule has 14 heavy (non-hydrogen) atoms. The van der Waals surface area contributed by atoms with Crippen molar-refractivity contribution in [1.29, 1.82) is 0 Å². The first kappa shape index (κ1) is 11.5. The molecule has 0 aliphatic carbocycles. The molecule has 0 amide bonds. The highest BCUT2D eigenvalue weighted by molar-refractivity contribution is 4.86. The highest BCUT2D eigenvalue weighted by atomic mass is 15.2. The molecule has 0 aromatic carbocycles. The summed E-state index contributed by atoms with van der Waals surface area (Å²) in [5.41, 5.74) is 0. The van der Waals surface area contributed by atoms with Gasteiger partial charge in [-0.2, -0.15) is 0 Å². The number of hydrogen-bond acceptors (Lipinski definition) is 3. The SMILES string of the molecule is C#CCNCCCN1CCN(C)CC1. The average Bonchev–Trinajstić information content (AvgIpc) is 2.21. The summed E-state index contributed by atoms with van der Waals surface area (Å²) >= 11 is 0. The van der Waals surface area contributed by atoms with Crippen molar-refractivity contribution in [3.63, 3.8) is 0 Å². The van der Waals surface area contributed by atoms with Crippen molar-refractivity contribution in [2.45, 2.75) is 6.42 Å². The molecule has 1 aliphatic heterocycles. The molecule has 0 bridgehead atoms. The molecule has 0 unspecified atom stereocenters. The van der Waals surface area contributed by atoms with E-state index in [0.717, 1.165) is 6.54 Å². The van der Waals surface area contributed by atoms with Gasteiger partial charge in [-0.15, -0.1) is 6.42 Å². The van der Waals surface area contributed by atoms with E-state index in [1.54, 1.807) is 0 Å². The third kappa shape index (κ3) is 4.61. The molecule has 3 heteroatoms. The van der Waals surface area contributed by atoms with E-state index < -0.39 is 0 Å². The zero-order valence-electron chi connectivity index (χ0n) is 9.13. The van der Waals surface area contributed by atoms with Crippen molar-refractivity contribution >= 4 is 0 Å². The van der Waals surface area contributed by atoms with Gasteiger partial charge < -0.3 is 15.1 Å². The lowest BCUT2D eigenvalue weighted by atomic mass is 10.3. The van der Waals surface area contributed by atoms with E-state index in [1.165, 1.54) is 39.1 Å². The van der Waals surface area contributed by atoms with Crippen LogP contribution in [0.3, 0.4) is 0 Å². The molecule has 0 saturated carbocycles. The predicted molar refractivity (Wildman–Crippen MR) is 60.3 cm³/mol. The number of nitrogens with one attached hydrogen (secondary N) is 1. The summed E-state index contributed by atoms with van der Waals surface area (Å²) < 4.78 is 0. The van der Waals surface area contributed by atoms with Gasteiger partial charge >= 0.3 is 0 Å². The van der Waals surface area contributed by atoms with Crippen LogP contribution in [0, 0.1) is 12.3 Å². The maximum absolute atomic E-state index is 5.14. The van der Waals surface area contributed by atoms with Crippen LogP contribution in [-0.2, 0) is 0 Å². The van der Waals surface area contributed by atoms with Gasteiger partial charge in [-0.25, -0.2) is 0 Å². The van der Waals surface area contributed by atoms with E-state index in [2.05, 4.69) is 28.1 Å². The Hall–Kier alpha value is -0.560. The summed E-state index contributed by atoms with van der Waals surface area (Å²) in [5, 5.41) is 3.21. The third-order valence-corrected chi connectivity index (χ3v) is 2.65. The van der Waals surface area contributed by atoms with Gasteiger partial charge in [0.2, 0.25) is 0 Å². The van der Waals surface area contributed by atoms with Gasteiger partial charge in [0.15, 0.2) is 0 Å². The van der Waals surface area contributed by atoms with Crippen molar-refractivity contribution < 1.29 is 0 Å². The lowest BCUT2D eigenvalue weighted by Crippen LogP contribution is -2.45. The second-order valence-corrected chi connectivity index (χ2v) is 3.88. The monoisotopic (exact) mass is 195 g/mol. The van der Waals surface area contributed by atoms with E-state index in [-0.39, 0.29) is 0 Å². The van der Waals surface area contributed by atoms with Crippen LogP contribution in [-0.4, -0.2) is 62.7 Å². The van der Waals surface area contributed by atoms with Gasteiger partial charge in [0.1, 0.15) is 0 Å². The van der Waals surface area contributed by atoms with Crippen LogP contribution in [0.2, 0.25) is 0 Å². The molecule has 0 aromatic heterocycles. The minimum Gasteiger partial charge on any atom is -0.306 e. The number of rotatable bonds is 5. The highest BCUT2D eigenvalue weighted by Gasteiger charge is 2.12. The largest absolute Gasteiger partial charge is 0.306 e. The van der Waals surface area contributed by atoms with E-state index in [9.17, 15) is 0 Å². The molecule has 1 rings (SSSR count). The zero-order valence-corrected chi connectivity index (χ0v) is 9.13. The van der Waals surface area contributed by atoms with E-state index >= 15 is 0 Å². The number of piperazine rings is 1. The third-order valence-electron chi connectivity index (χ3n) is 2.65. The van der Waals surface area contributed by atoms with E-state index in [0.29, 0.717) is 6.54 Å². The van der Waals surface area contributed by atoms with Crippen molar-refractivity contribution in [2.75, 3.05) is 52.9 Å². The summed E-state index contributed by atoms with van der Waals surface area (Å²) in [7, 11) is 2.19. The van der Waals surface area contributed by atoms with Crippen LogP contribution >= 0.6 is 0 Å². The topological polar surface area (TPSA) is 18.5 Å². The Bertz CT molecular complexity index is 177. The second-order valence-electron chi connectivity index (χ2n) is 3.88. The minimum atomic E-state index is 0.697. The normalized spacial score (nSPS) is 19.4. The molecular weight excluding hydrogens is 174 g/mol. The Kier molecular flexibility index (Phi) is 5.62. The molecule has 0 radical (unpaired) electrons. The molecule has 1 aliphatic rings. The van der Waals surface area contributed by atoms with Gasteiger partial charge in [0.05, 0.1) is 6.54 Å². The summed E-state index contributed by atoms with van der Waals surface area (Å²) in [6, 6.07) is 0. The number of likely N-dealkylation sites (N-methyl/N-ethyl adjacent to an activating group) is 1. The number of terminal acetylenes is 1. The maximum Gasteiger partial charge on any atom is 0.0573 e. The molecule has 80 valence electrons. The molecule has 0 spiro atoms. The van der Waals surface area contributed by atoms with Crippen LogP contribution < -0.4 is 5.32 Å². The van der Waals surface area contributed by atoms with Crippen LogP contribution in [0.25, 0.3) is 0 Å². The molecule has 1 heterocycles. The van der Waals surface area contributed by atoms with Crippen LogP contribution in [0.15, 0.2) is 0 Å². The van der Waals surface area contributed by atoms with E-state index in [1.807, 2.05) is 0 Å². The smallest absolute Gasteiger partial charge is 0.0573 e.